The first kappa shape index (κ1) is 16.3. The summed E-state index contributed by atoms with van der Waals surface area (Å²) in [4.78, 5) is 29.6. The SMILES string of the molecule is Cc1ccccc1-c1cc(=O)oc2nc(N3CC[C@H](C(=O)O)C3)ccc12. The summed E-state index contributed by atoms with van der Waals surface area (Å²) in [6.45, 7) is 3.03. The minimum atomic E-state index is -0.790. The first-order chi connectivity index (χ1) is 12.5. The Hall–Kier alpha value is -3.15. The van der Waals surface area contributed by atoms with Gasteiger partial charge in [0.1, 0.15) is 5.82 Å². The van der Waals surface area contributed by atoms with Gasteiger partial charge in [-0.3, -0.25) is 4.79 Å². The van der Waals surface area contributed by atoms with Crippen LogP contribution in [0.3, 0.4) is 0 Å². The molecule has 1 N–H and O–H groups in total. The Kier molecular flexibility index (Phi) is 3.95. The number of aliphatic carboxylic acids is 1. The van der Waals surface area contributed by atoms with Crippen molar-refractivity contribution in [2.24, 2.45) is 5.92 Å². The lowest BCUT2D eigenvalue weighted by Gasteiger charge is -2.17. The Morgan fingerprint density at radius 1 is 1.23 bits per heavy atom. The van der Waals surface area contributed by atoms with Crippen molar-refractivity contribution in [3.63, 3.8) is 0 Å². The quantitative estimate of drug-likeness (QED) is 0.781. The highest BCUT2D eigenvalue weighted by Gasteiger charge is 2.29. The number of carboxylic acids is 1. The Balaban J connectivity index is 1.80. The molecular weight excluding hydrogens is 332 g/mol. The fourth-order valence-electron chi connectivity index (χ4n) is 3.48. The van der Waals surface area contributed by atoms with Crippen molar-refractivity contribution in [3.8, 4) is 11.1 Å². The Labute approximate surface area is 149 Å². The number of nitrogens with zero attached hydrogens (tertiary/aromatic N) is 2. The predicted octanol–water partition coefficient (Wildman–Crippen LogP) is 3.07. The summed E-state index contributed by atoms with van der Waals surface area (Å²) in [7, 11) is 0. The highest BCUT2D eigenvalue weighted by Crippen LogP contribution is 2.31. The zero-order valence-electron chi connectivity index (χ0n) is 14.3. The number of benzene rings is 1. The lowest BCUT2D eigenvalue weighted by molar-refractivity contribution is -0.140. The summed E-state index contributed by atoms with van der Waals surface area (Å²) < 4.78 is 5.33. The third-order valence-electron chi connectivity index (χ3n) is 4.89. The largest absolute Gasteiger partial charge is 0.481 e. The summed E-state index contributed by atoms with van der Waals surface area (Å²) in [5, 5.41) is 9.93. The van der Waals surface area contributed by atoms with Crippen LogP contribution in [-0.4, -0.2) is 29.1 Å². The lowest BCUT2D eigenvalue weighted by atomic mass is 9.99. The number of anilines is 1. The van der Waals surface area contributed by atoms with E-state index in [9.17, 15) is 9.59 Å². The molecule has 0 aliphatic carbocycles. The third kappa shape index (κ3) is 2.83. The second-order valence-corrected chi connectivity index (χ2v) is 6.59. The van der Waals surface area contributed by atoms with Crippen molar-refractivity contribution in [2.75, 3.05) is 18.0 Å². The van der Waals surface area contributed by atoms with Crippen LogP contribution < -0.4 is 10.5 Å². The van der Waals surface area contributed by atoms with E-state index in [0.29, 0.717) is 25.3 Å². The Bertz CT molecular complexity index is 1060. The first-order valence-corrected chi connectivity index (χ1v) is 8.51. The average Bonchev–Trinajstić information content (AvgIpc) is 3.11. The zero-order valence-corrected chi connectivity index (χ0v) is 14.3. The number of fused-ring (bicyclic) bond motifs is 1. The van der Waals surface area contributed by atoms with Crippen molar-refractivity contribution >= 4 is 22.9 Å². The minimum absolute atomic E-state index is 0.270. The van der Waals surface area contributed by atoms with Gasteiger partial charge in [-0.1, -0.05) is 24.3 Å². The number of hydrogen-bond acceptors (Lipinski definition) is 5. The highest BCUT2D eigenvalue weighted by atomic mass is 16.4. The van der Waals surface area contributed by atoms with Crippen LogP contribution in [-0.2, 0) is 4.79 Å². The van der Waals surface area contributed by atoms with Gasteiger partial charge < -0.3 is 14.4 Å². The van der Waals surface area contributed by atoms with E-state index in [1.807, 2.05) is 48.2 Å². The van der Waals surface area contributed by atoms with Gasteiger partial charge in [-0.25, -0.2) is 4.79 Å². The lowest BCUT2D eigenvalue weighted by Crippen LogP contribution is -2.23. The molecule has 0 unspecified atom stereocenters. The highest BCUT2D eigenvalue weighted by molar-refractivity contribution is 5.93. The summed E-state index contributed by atoms with van der Waals surface area (Å²) in [5.41, 5.74) is 2.63. The molecule has 4 rings (SSSR count). The van der Waals surface area contributed by atoms with Gasteiger partial charge in [-0.2, -0.15) is 4.98 Å². The van der Waals surface area contributed by atoms with E-state index < -0.39 is 17.5 Å². The van der Waals surface area contributed by atoms with Crippen LogP contribution in [0.5, 0.6) is 0 Å². The second kappa shape index (κ2) is 6.29. The van der Waals surface area contributed by atoms with Crippen molar-refractivity contribution in [1.82, 2.24) is 4.98 Å². The molecule has 26 heavy (non-hydrogen) atoms. The van der Waals surface area contributed by atoms with Gasteiger partial charge in [-0.15, -0.1) is 0 Å². The fraction of sp³-hybridized carbons (Fsp3) is 0.250. The maximum Gasteiger partial charge on any atom is 0.338 e. The molecule has 6 nitrogen and oxygen atoms in total. The number of aromatic nitrogens is 1. The van der Waals surface area contributed by atoms with Gasteiger partial charge in [0.05, 0.1) is 5.92 Å². The summed E-state index contributed by atoms with van der Waals surface area (Å²) in [6.07, 6.45) is 0.586. The van der Waals surface area contributed by atoms with Crippen molar-refractivity contribution in [3.05, 3.63) is 58.4 Å². The molecule has 0 amide bonds. The number of carbonyl (C=O) groups is 1. The maximum atomic E-state index is 12.1. The number of hydrogen-bond donors (Lipinski definition) is 1. The van der Waals surface area contributed by atoms with Crippen molar-refractivity contribution < 1.29 is 14.3 Å². The molecule has 0 saturated carbocycles. The van der Waals surface area contributed by atoms with E-state index in [2.05, 4.69) is 4.98 Å². The molecule has 6 heteroatoms. The van der Waals surface area contributed by atoms with Crippen LogP contribution in [0.15, 0.2) is 51.7 Å². The number of rotatable bonds is 3. The zero-order chi connectivity index (χ0) is 18.3. The number of aryl methyl sites for hydroxylation is 1. The molecule has 1 aliphatic rings. The van der Waals surface area contributed by atoms with E-state index in [4.69, 9.17) is 9.52 Å². The number of pyridine rings is 1. The van der Waals surface area contributed by atoms with Gasteiger partial charge in [0.2, 0.25) is 5.71 Å². The molecule has 1 atom stereocenters. The van der Waals surface area contributed by atoms with Gasteiger partial charge in [0.15, 0.2) is 0 Å². The molecule has 3 aromatic rings. The summed E-state index contributed by atoms with van der Waals surface area (Å²) in [5.74, 6) is -0.550. The molecule has 1 fully saturated rings. The predicted molar refractivity (Wildman–Crippen MR) is 98.4 cm³/mol. The van der Waals surface area contributed by atoms with E-state index in [1.165, 1.54) is 6.07 Å². The monoisotopic (exact) mass is 350 g/mol. The smallest absolute Gasteiger partial charge is 0.338 e. The fourth-order valence-corrected chi connectivity index (χ4v) is 3.48. The molecule has 2 aromatic heterocycles. The van der Waals surface area contributed by atoms with Crippen LogP contribution in [0.1, 0.15) is 12.0 Å². The van der Waals surface area contributed by atoms with Crippen LogP contribution in [0.4, 0.5) is 5.82 Å². The van der Waals surface area contributed by atoms with Crippen LogP contribution >= 0.6 is 0 Å². The molecule has 1 aliphatic heterocycles. The van der Waals surface area contributed by atoms with Gasteiger partial charge >= 0.3 is 11.6 Å². The molecule has 3 heterocycles. The Morgan fingerprint density at radius 2 is 2.04 bits per heavy atom. The first-order valence-electron chi connectivity index (χ1n) is 8.51. The number of carboxylic acid groups (broad SMARTS) is 1. The topological polar surface area (TPSA) is 83.6 Å². The second-order valence-electron chi connectivity index (χ2n) is 6.59. The van der Waals surface area contributed by atoms with Crippen molar-refractivity contribution in [1.29, 1.82) is 0 Å². The minimum Gasteiger partial charge on any atom is -0.481 e. The molecule has 0 bridgehead atoms. The van der Waals surface area contributed by atoms with E-state index in [0.717, 1.165) is 22.1 Å². The average molecular weight is 350 g/mol. The summed E-state index contributed by atoms with van der Waals surface area (Å²) >= 11 is 0. The molecule has 132 valence electrons. The van der Waals surface area contributed by atoms with Gasteiger partial charge in [0.25, 0.3) is 0 Å². The normalized spacial score (nSPS) is 17.0. The molecule has 0 radical (unpaired) electrons. The van der Waals surface area contributed by atoms with E-state index in [-0.39, 0.29) is 5.71 Å². The van der Waals surface area contributed by atoms with Crippen LogP contribution in [0.25, 0.3) is 22.2 Å². The van der Waals surface area contributed by atoms with Gasteiger partial charge in [-0.05, 0) is 36.6 Å². The molecule has 0 spiro atoms. The molecular formula is C20H18N2O4. The summed E-state index contributed by atoms with van der Waals surface area (Å²) in [6, 6.07) is 13.1. The van der Waals surface area contributed by atoms with E-state index >= 15 is 0 Å². The van der Waals surface area contributed by atoms with Crippen LogP contribution in [0, 0.1) is 12.8 Å². The van der Waals surface area contributed by atoms with Gasteiger partial charge in [0, 0.05) is 30.1 Å². The van der Waals surface area contributed by atoms with E-state index in [1.54, 1.807) is 0 Å². The third-order valence-corrected chi connectivity index (χ3v) is 4.89. The Morgan fingerprint density at radius 3 is 2.77 bits per heavy atom. The molecule has 1 saturated heterocycles. The van der Waals surface area contributed by atoms with Crippen molar-refractivity contribution in [2.45, 2.75) is 13.3 Å². The standard InChI is InChI=1S/C20H18N2O4/c1-12-4-2-3-5-14(12)16-10-18(23)26-19-15(16)6-7-17(21-19)22-9-8-13(11-22)20(24)25/h2-7,10,13H,8-9,11H2,1H3,(H,24,25)/t13-/m0/s1. The van der Waals surface area contributed by atoms with Crippen LogP contribution in [0.2, 0.25) is 0 Å². The molecule has 1 aromatic carbocycles. The maximum absolute atomic E-state index is 12.1.